The van der Waals surface area contributed by atoms with E-state index in [1.807, 2.05) is 0 Å². The maximum Gasteiger partial charge on any atom is 0.0127 e. The Bertz CT molecular complexity index is 229. The highest BCUT2D eigenvalue weighted by molar-refractivity contribution is 4.95. The number of nitrogens with zero attached hydrogens (tertiary/aromatic N) is 2. The van der Waals surface area contributed by atoms with E-state index in [0.29, 0.717) is 0 Å². The summed E-state index contributed by atoms with van der Waals surface area (Å²) in [6.45, 7) is 5.27. The monoisotopic (exact) mass is 208 g/mol. The van der Waals surface area contributed by atoms with Crippen LogP contribution < -0.4 is 0 Å². The van der Waals surface area contributed by atoms with Gasteiger partial charge in [0.1, 0.15) is 0 Å². The Morgan fingerprint density at radius 1 is 0.933 bits per heavy atom. The zero-order chi connectivity index (χ0) is 10.3. The van der Waals surface area contributed by atoms with Gasteiger partial charge in [-0.15, -0.1) is 0 Å². The standard InChI is InChI=1S/C13H24N2/c1-14-5-2-6-15(8-7-14)13-10-11-3-4-12(13)9-11/h11-13H,2-10H2,1H3/t11-,12-,13-/m0/s1. The average Bonchev–Trinajstić information content (AvgIpc) is 2.79. The first-order valence-corrected chi connectivity index (χ1v) is 6.75. The van der Waals surface area contributed by atoms with Gasteiger partial charge in [-0.3, -0.25) is 4.90 Å². The van der Waals surface area contributed by atoms with E-state index in [1.54, 1.807) is 6.42 Å². The van der Waals surface area contributed by atoms with E-state index in [1.165, 1.54) is 51.9 Å². The highest BCUT2D eigenvalue weighted by Crippen LogP contribution is 2.46. The van der Waals surface area contributed by atoms with Crippen molar-refractivity contribution in [3.05, 3.63) is 0 Å². The van der Waals surface area contributed by atoms with Gasteiger partial charge in [-0.05, 0) is 57.7 Å². The smallest absolute Gasteiger partial charge is 0.0127 e. The molecule has 0 aromatic rings. The second-order valence-electron chi connectivity index (χ2n) is 5.94. The largest absolute Gasteiger partial charge is 0.305 e. The van der Waals surface area contributed by atoms with Crippen LogP contribution in [0.3, 0.4) is 0 Å². The molecule has 15 heavy (non-hydrogen) atoms. The van der Waals surface area contributed by atoms with Gasteiger partial charge in [0.05, 0.1) is 0 Å². The first-order chi connectivity index (χ1) is 7.33. The van der Waals surface area contributed by atoms with Crippen LogP contribution in [-0.2, 0) is 0 Å². The molecule has 86 valence electrons. The van der Waals surface area contributed by atoms with Gasteiger partial charge >= 0.3 is 0 Å². The highest BCUT2D eigenvalue weighted by atomic mass is 15.2. The molecule has 2 nitrogen and oxygen atoms in total. The van der Waals surface area contributed by atoms with Crippen molar-refractivity contribution in [3.8, 4) is 0 Å². The zero-order valence-corrected chi connectivity index (χ0v) is 9.99. The Balaban J connectivity index is 1.62. The fourth-order valence-electron chi connectivity index (χ4n) is 4.06. The first-order valence-electron chi connectivity index (χ1n) is 6.75. The van der Waals surface area contributed by atoms with Gasteiger partial charge in [0.2, 0.25) is 0 Å². The van der Waals surface area contributed by atoms with E-state index >= 15 is 0 Å². The summed E-state index contributed by atoms with van der Waals surface area (Å²) >= 11 is 0. The van der Waals surface area contributed by atoms with E-state index in [0.717, 1.165) is 17.9 Å². The normalized spacial score (nSPS) is 43.4. The van der Waals surface area contributed by atoms with Crippen LogP contribution in [0.25, 0.3) is 0 Å². The Kier molecular flexibility index (Phi) is 2.73. The minimum atomic E-state index is 0.968. The minimum Gasteiger partial charge on any atom is -0.305 e. The molecule has 0 amide bonds. The van der Waals surface area contributed by atoms with Crippen molar-refractivity contribution in [2.45, 2.75) is 38.1 Å². The van der Waals surface area contributed by atoms with Gasteiger partial charge in [-0.1, -0.05) is 6.42 Å². The molecule has 1 saturated heterocycles. The summed E-state index contributed by atoms with van der Waals surface area (Å²) in [5.74, 6) is 2.17. The van der Waals surface area contributed by atoms with E-state index in [4.69, 9.17) is 0 Å². The van der Waals surface area contributed by atoms with Crippen LogP contribution in [0.1, 0.15) is 32.1 Å². The second-order valence-corrected chi connectivity index (χ2v) is 5.94. The molecule has 0 spiro atoms. The van der Waals surface area contributed by atoms with Crippen molar-refractivity contribution in [1.82, 2.24) is 9.80 Å². The van der Waals surface area contributed by atoms with Crippen LogP contribution in [0.5, 0.6) is 0 Å². The topological polar surface area (TPSA) is 6.48 Å². The van der Waals surface area contributed by atoms with Crippen LogP contribution >= 0.6 is 0 Å². The third-order valence-electron chi connectivity index (χ3n) is 4.92. The Morgan fingerprint density at radius 3 is 2.60 bits per heavy atom. The lowest BCUT2D eigenvalue weighted by Crippen LogP contribution is -2.41. The van der Waals surface area contributed by atoms with E-state index < -0.39 is 0 Å². The zero-order valence-electron chi connectivity index (χ0n) is 9.99. The van der Waals surface area contributed by atoms with Gasteiger partial charge < -0.3 is 4.90 Å². The molecule has 3 fully saturated rings. The fourth-order valence-corrected chi connectivity index (χ4v) is 4.06. The Morgan fingerprint density at radius 2 is 1.87 bits per heavy atom. The van der Waals surface area contributed by atoms with Gasteiger partial charge in [-0.2, -0.15) is 0 Å². The summed E-state index contributed by atoms with van der Waals surface area (Å²) in [7, 11) is 2.27. The average molecular weight is 208 g/mol. The third-order valence-corrected chi connectivity index (χ3v) is 4.92. The molecule has 2 saturated carbocycles. The molecule has 3 rings (SSSR count). The molecule has 2 heteroatoms. The molecule has 2 bridgehead atoms. The lowest BCUT2D eigenvalue weighted by molar-refractivity contribution is 0.148. The molecule has 1 heterocycles. The maximum atomic E-state index is 2.81. The number of rotatable bonds is 1. The van der Waals surface area contributed by atoms with Crippen LogP contribution in [0.2, 0.25) is 0 Å². The van der Waals surface area contributed by atoms with Gasteiger partial charge in [0.15, 0.2) is 0 Å². The molecular weight excluding hydrogens is 184 g/mol. The van der Waals surface area contributed by atoms with Gasteiger partial charge in [0, 0.05) is 19.1 Å². The fraction of sp³-hybridized carbons (Fsp3) is 1.00. The summed E-state index contributed by atoms with van der Waals surface area (Å²) in [5.41, 5.74) is 0. The van der Waals surface area contributed by atoms with Crippen molar-refractivity contribution in [3.63, 3.8) is 0 Å². The number of hydrogen-bond donors (Lipinski definition) is 0. The summed E-state index contributed by atoms with van der Waals surface area (Å²) in [5, 5.41) is 0. The molecule has 3 aliphatic rings. The number of fused-ring (bicyclic) bond motifs is 2. The van der Waals surface area contributed by atoms with Crippen molar-refractivity contribution < 1.29 is 0 Å². The molecular formula is C13H24N2. The van der Waals surface area contributed by atoms with Crippen molar-refractivity contribution in [2.75, 3.05) is 33.2 Å². The van der Waals surface area contributed by atoms with Crippen molar-refractivity contribution in [1.29, 1.82) is 0 Å². The van der Waals surface area contributed by atoms with E-state index in [-0.39, 0.29) is 0 Å². The van der Waals surface area contributed by atoms with Crippen molar-refractivity contribution in [2.24, 2.45) is 11.8 Å². The highest BCUT2D eigenvalue weighted by Gasteiger charge is 2.42. The quantitative estimate of drug-likeness (QED) is 0.648. The lowest BCUT2D eigenvalue weighted by Gasteiger charge is -2.33. The van der Waals surface area contributed by atoms with E-state index in [2.05, 4.69) is 16.8 Å². The molecule has 0 aromatic carbocycles. The third kappa shape index (κ3) is 1.94. The molecule has 0 N–H and O–H groups in total. The summed E-state index contributed by atoms with van der Waals surface area (Å²) in [6.07, 6.45) is 7.52. The Hall–Kier alpha value is -0.0800. The van der Waals surface area contributed by atoms with Crippen LogP contribution in [0.4, 0.5) is 0 Å². The molecule has 0 radical (unpaired) electrons. The summed E-state index contributed by atoms with van der Waals surface area (Å²) in [6, 6.07) is 0.968. The predicted molar refractivity (Wildman–Crippen MR) is 62.9 cm³/mol. The molecule has 2 aliphatic carbocycles. The molecule has 1 aliphatic heterocycles. The van der Waals surface area contributed by atoms with Gasteiger partial charge in [-0.25, -0.2) is 0 Å². The van der Waals surface area contributed by atoms with Crippen LogP contribution in [0, 0.1) is 11.8 Å². The maximum absolute atomic E-state index is 2.81. The second kappa shape index (κ2) is 4.06. The van der Waals surface area contributed by atoms with Crippen LogP contribution in [-0.4, -0.2) is 49.1 Å². The molecule has 0 unspecified atom stereocenters. The summed E-state index contributed by atoms with van der Waals surface area (Å²) < 4.78 is 0. The van der Waals surface area contributed by atoms with Crippen molar-refractivity contribution >= 4 is 0 Å². The summed E-state index contributed by atoms with van der Waals surface area (Å²) in [4.78, 5) is 5.31. The SMILES string of the molecule is CN1CCCN([C@H]2C[C@H]3CC[C@H]2C3)CC1. The lowest BCUT2D eigenvalue weighted by atomic mass is 9.94. The molecule has 3 atom stereocenters. The van der Waals surface area contributed by atoms with Gasteiger partial charge in [0.25, 0.3) is 0 Å². The van der Waals surface area contributed by atoms with E-state index in [9.17, 15) is 0 Å². The minimum absolute atomic E-state index is 0.968. The van der Waals surface area contributed by atoms with Crippen LogP contribution in [0.15, 0.2) is 0 Å². The number of hydrogen-bond acceptors (Lipinski definition) is 2. The Labute approximate surface area is 93.6 Å². The first kappa shape index (κ1) is 10.1. The predicted octanol–water partition coefficient (Wildman–Crippen LogP) is 1.81. The molecule has 0 aromatic heterocycles. The number of likely N-dealkylation sites (N-methyl/N-ethyl adjacent to an activating group) is 1.